The van der Waals surface area contributed by atoms with E-state index in [-0.39, 0.29) is 25.0 Å². The van der Waals surface area contributed by atoms with Crippen molar-refractivity contribution in [3.05, 3.63) is 78.0 Å². The van der Waals surface area contributed by atoms with E-state index in [9.17, 15) is 9.59 Å². The molecule has 5 nitrogen and oxygen atoms in total. The highest BCUT2D eigenvalue weighted by Crippen LogP contribution is 2.21. The molecule has 150 valence electrons. The van der Waals surface area contributed by atoms with Gasteiger partial charge in [0, 0.05) is 11.6 Å². The van der Waals surface area contributed by atoms with Gasteiger partial charge in [0.2, 0.25) is 0 Å². The number of amides is 1. The van der Waals surface area contributed by atoms with Gasteiger partial charge in [0.05, 0.1) is 18.0 Å². The fourth-order valence-electron chi connectivity index (χ4n) is 3.33. The van der Waals surface area contributed by atoms with E-state index >= 15 is 0 Å². The molecule has 0 fully saturated rings. The summed E-state index contributed by atoms with van der Waals surface area (Å²) < 4.78 is 5.22. The average Bonchev–Trinajstić information content (AvgIpc) is 2.72. The Kier molecular flexibility index (Phi) is 6.95. The van der Waals surface area contributed by atoms with Crippen molar-refractivity contribution in [2.45, 2.75) is 32.7 Å². The molecule has 0 spiro atoms. The fraction of sp³-hybridized carbons (Fsp3) is 0.292. The summed E-state index contributed by atoms with van der Waals surface area (Å²) in [6.45, 7) is 3.93. The quantitative estimate of drug-likeness (QED) is 0.585. The topological polar surface area (TPSA) is 68.3 Å². The number of hydrogen-bond acceptors (Lipinski definition) is 4. The largest absolute Gasteiger partial charge is 0.455 e. The van der Waals surface area contributed by atoms with Crippen molar-refractivity contribution in [2.75, 3.05) is 6.61 Å². The molecule has 0 aliphatic rings. The third-order valence-corrected chi connectivity index (χ3v) is 4.66. The summed E-state index contributed by atoms with van der Waals surface area (Å²) in [5.74, 6) is -0.329. The Bertz CT molecular complexity index is 965. The van der Waals surface area contributed by atoms with Crippen LogP contribution in [-0.4, -0.2) is 23.5 Å². The average molecular weight is 390 g/mol. The summed E-state index contributed by atoms with van der Waals surface area (Å²) >= 11 is 0. The van der Waals surface area contributed by atoms with Gasteiger partial charge in [-0.3, -0.25) is 14.6 Å². The van der Waals surface area contributed by atoms with Gasteiger partial charge in [0.1, 0.15) is 0 Å². The van der Waals surface area contributed by atoms with Crippen LogP contribution >= 0.6 is 0 Å². The van der Waals surface area contributed by atoms with Gasteiger partial charge in [-0.1, -0.05) is 68.4 Å². The molecule has 3 aromatic rings. The van der Waals surface area contributed by atoms with E-state index in [1.165, 1.54) is 0 Å². The molecule has 1 aromatic heterocycles. The first kappa shape index (κ1) is 20.5. The van der Waals surface area contributed by atoms with Gasteiger partial charge in [-0.2, -0.15) is 0 Å². The molecule has 1 unspecified atom stereocenters. The summed E-state index contributed by atoms with van der Waals surface area (Å²) in [5, 5.41) is 3.95. The second-order valence-electron chi connectivity index (χ2n) is 7.49. The maximum atomic E-state index is 12.4. The first-order valence-electron chi connectivity index (χ1n) is 9.85. The SMILES string of the molecule is CC(C)CC(NC(=O)COC(=O)Cc1cccc2cccnc12)c1ccccc1. The number of ether oxygens (including phenoxy) is 1. The standard InChI is InChI=1S/C24H26N2O3/c1-17(2)14-21(18-8-4-3-5-9-18)26-22(27)16-29-23(28)15-20-11-6-10-19-12-7-13-25-24(19)20/h3-13,17,21H,14-16H2,1-2H3,(H,26,27). The van der Waals surface area contributed by atoms with Crippen LogP contribution in [0.3, 0.4) is 0 Å². The van der Waals surface area contributed by atoms with E-state index in [0.717, 1.165) is 28.5 Å². The Morgan fingerprint density at radius 1 is 1.00 bits per heavy atom. The van der Waals surface area contributed by atoms with Crippen LogP contribution in [0.5, 0.6) is 0 Å². The Morgan fingerprint density at radius 3 is 2.52 bits per heavy atom. The smallest absolute Gasteiger partial charge is 0.310 e. The van der Waals surface area contributed by atoms with Crippen molar-refractivity contribution in [3.8, 4) is 0 Å². The van der Waals surface area contributed by atoms with E-state index in [4.69, 9.17) is 4.74 Å². The number of carbonyl (C=O) groups is 2. The Hall–Kier alpha value is -3.21. The van der Waals surface area contributed by atoms with Crippen LogP contribution in [0.15, 0.2) is 66.9 Å². The molecule has 29 heavy (non-hydrogen) atoms. The molecular formula is C24H26N2O3. The molecule has 0 saturated heterocycles. The fourth-order valence-corrected chi connectivity index (χ4v) is 3.33. The maximum absolute atomic E-state index is 12.4. The molecule has 0 saturated carbocycles. The lowest BCUT2D eigenvalue weighted by molar-refractivity contribution is -0.148. The highest BCUT2D eigenvalue weighted by Gasteiger charge is 2.17. The molecule has 3 rings (SSSR count). The van der Waals surface area contributed by atoms with Crippen LogP contribution < -0.4 is 5.32 Å². The molecule has 1 heterocycles. The van der Waals surface area contributed by atoms with Gasteiger partial charge in [0.25, 0.3) is 5.91 Å². The highest BCUT2D eigenvalue weighted by molar-refractivity contribution is 5.87. The minimum atomic E-state index is -0.446. The maximum Gasteiger partial charge on any atom is 0.310 e. The second-order valence-corrected chi connectivity index (χ2v) is 7.49. The summed E-state index contributed by atoms with van der Waals surface area (Å²) in [5.41, 5.74) is 2.61. The molecule has 1 atom stereocenters. The zero-order valence-electron chi connectivity index (χ0n) is 16.8. The molecular weight excluding hydrogens is 364 g/mol. The number of para-hydroxylation sites is 1. The zero-order valence-corrected chi connectivity index (χ0v) is 16.8. The second kappa shape index (κ2) is 9.82. The van der Waals surface area contributed by atoms with Crippen LogP contribution in [0.2, 0.25) is 0 Å². The van der Waals surface area contributed by atoms with E-state index in [2.05, 4.69) is 24.1 Å². The molecule has 0 aliphatic heterocycles. The first-order chi connectivity index (χ1) is 14.0. The zero-order chi connectivity index (χ0) is 20.6. The minimum Gasteiger partial charge on any atom is -0.455 e. The van der Waals surface area contributed by atoms with Crippen molar-refractivity contribution >= 4 is 22.8 Å². The summed E-state index contributed by atoms with van der Waals surface area (Å²) in [6.07, 6.45) is 2.59. The van der Waals surface area contributed by atoms with Crippen molar-refractivity contribution in [1.82, 2.24) is 10.3 Å². The highest BCUT2D eigenvalue weighted by atomic mass is 16.5. The number of aromatic nitrogens is 1. The van der Waals surface area contributed by atoms with Crippen LogP contribution in [0.1, 0.15) is 37.4 Å². The predicted octanol–water partition coefficient (Wildman–Crippen LogP) is 4.22. The molecule has 1 amide bonds. The Labute approximate surface area is 171 Å². The van der Waals surface area contributed by atoms with Gasteiger partial charge in [0.15, 0.2) is 6.61 Å². The molecule has 0 aliphatic carbocycles. The van der Waals surface area contributed by atoms with Gasteiger partial charge in [-0.25, -0.2) is 0 Å². The lowest BCUT2D eigenvalue weighted by Crippen LogP contribution is -2.33. The number of hydrogen-bond donors (Lipinski definition) is 1. The Balaban J connectivity index is 1.57. The van der Waals surface area contributed by atoms with E-state index in [1.54, 1.807) is 6.20 Å². The van der Waals surface area contributed by atoms with E-state index in [1.807, 2.05) is 60.7 Å². The minimum absolute atomic E-state index is 0.0791. The molecule has 2 aromatic carbocycles. The molecule has 0 radical (unpaired) electrons. The normalized spacial score (nSPS) is 12.0. The number of benzene rings is 2. The summed E-state index contributed by atoms with van der Waals surface area (Å²) in [7, 11) is 0. The van der Waals surface area contributed by atoms with E-state index in [0.29, 0.717) is 5.92 Å². The van der Waals surface area contributed by atoms with Gasteiger partial charge in [-0.05, 0) is 29.5 Å². The third kappa shape index (κ3) is 5.88. The number of pyridine rings is 1. The lowest BCUT2D eigenvalue weighted by Gasteiger charge is -2.21. The van der Waals surface area contributed by atoms with Crippen molar-refractivity contribution < 1.29 is 14.3 Å². The van der Waals surface area contributed by atoms with Crippen LogP contribution in [-0.2, 0) is 20.7 Å². The number of nitrogens with one attached hydrogen (secondary N) is 1. The predicted molar refractivity (Wildman–Crippen MR) is 113 cm³/mol. The van der Waals surface area contributed by atoms with Gasteiger partial charge >= 0.3 is 5.97 Å². The van der Waals surface area contributed by atoms with Crippen LogP contribution in [0.25, 0.3) is 10.9 Å². The van der Waals surface area contributed by atoms with Crippen LogP contribution in [0, 0.1) is 5.92 Å². The van der Waals surface area contributed by atoms with Crippen molar-refractivity contribution in [3.63, 3.8) is 0 Å². The lowest BCUT2D eigenvalue weighted by atomic mass is 9.97. The monoisotopic (exact) mass is 390 g/mol. The van der Waals surface area contributed by atoms with Crippen LogP contribution in [0.4, 0.5) is 0 Å². The molecule has 5 heteroatoms. The molecule has 0 bridgehead atoms. The Morgan fingerprint density at radius 2 is 1.76 bits per heavy atom. The third-order valence-electron chi connectivity index (χ3n) is 4.66. The molecule has 1 N–H and O–H groups in total. The number of fused-ring (bicyclic) bond motifs is 1. The van der Waals surface area contributed by atoms with Crippen molar-refractivity contribution in [1.29, 1.82) is 0 Å². The van der Waals surface area contributed by atoms with Gasteiger partial charge in [-0.15, -0.1) is 0 Å². The van der Waals surface area contributed by atoms with Gasteiger partial charge < -0.3 is 10.1 Å². The summed E-state index contributed by atoms with van der Waals surface area (Å²) in [6, 6.07) is 19.2. The number of esters is 1. The van der Waals surface area contributed by atoms with E-state index < -0.39 is 5.97 Å². The summed E-state index contributed by atoms with van der Waals surface area (Å²) in [4.78, 5) is 29.0. The number of nitrogens with zero attached hydrogens (tertiary/aromatic N) is 1. The first-order valence-corrected chi connectivity index (χ1v) is 9.85. The number of rotatable bonds is 8. The number of carbonyl (C=O) groups excluding carboxylic acids is 2. The van der Waals surface area contributed by atoms with Crippen molar-refractivity contribution in [2.24, 2.45) is 5.92 Å².